The lowest BCUT2D eigenvalue weighted by atomic mass is 9.94. The molecule has 1 heterocycles. The van der Waals surface area contributed by atoms with Gasteiger partial charge in [-0.3, -0.25) is 4.79 Å². The Kier molecular flexibility index (Phi) is 17.1. The topological polar surface area (TPSA) is 80.3 Å². The molecular weight excluding hydrogens is 592 g/mol. The van der Waals surface area contributed by atoms with E-state index in [1.165, 1.54) is 6.08 Å². The van der Waals surface area contributed by atoms with Crippen molar-refractivity contribution in [3.63, 3.8) is 0 Å². The molecule has 0 aromatic heterocycles. The molecule has 0 saturated carbocycles. The first-order valence-electron chi connectivity index (χ1n) is 16.5. The van der Waals surface area contributed by atoms with Gasteiger partial charge < -0.3 is 23.7 Å². The fraction of sp³-hybridized carbons (Fsp3) is 0.400. The number of hydrogen-bond acceptors (Lipinski definition) is 7. The van der Waals surface area contributed by atoms with Crippen LogP contribution in [0.2, 0.25) is 0 Å². The number of esters is 1. The normalized spacial score (nSPS) is 25.3. The zero-order valence-corrected chi connectivity index (χ0v) is 28.2. The highest BCUT2D eigenvalue weighted by Crippen LogP contribution is 2.22. The monoisotopic (exact) mass is 642 g/mol. The zero-order valence-electron chi connectivity index (χ0n) is 28.2. The van der Waals surface area contributed by atoms with Gasteiger partial charge in [0.15, 0.2) is 5.78 Å². The second kappa shape index (κ2) is 21.6. The molecule has 7 heteroatoms. The fourth-order valence-electron chi connectivity index (χ4n) is 5.03. The zero-order chi connectivity index (χ0) is 33.7. The van der Waals surface area contributed by atoms with Gasteiger partial charge in [-0.2, -0.15) is 0 Å². The van der Waals surface area contributed by atoms with Crippen LogP contribution in [0.5, 0.6) is 11.5 Å². The van der Waals surface area contributed by atoms with Crippen molar-refractivity contribution in [1.82, 2.24) is 0 Å². The maximum Gasteiger partial charge on any atom is 0.331 e. The first-order chi connectivity index (χ1) is 22.9. The van der Waals surface area contributed by atoms with E-state index < -0.39 is 0 Å². The van der Waals surface area contributed by atoms with Gasteiger partial charge in [0, 0.05) is 12.0 Å². The summed E-state index contributed by atoms with van der Waals surface area (Å²) in [5, 5.41) is 0. The molecule has 1 aliphatic heterocycles. The summed E-state index contributed by atoms with van der Waals surface area (Å²) in [5.74, 6) is 0.869. The lowest BCUT2D eigenvalue weighted by Crippen LogP contribution is -2.28. The van der Waals surface area contributed by atoms with Crippen LogP contribution in [0, 0.1) is 5.92 Å². The van der Waals surface area contributed by atoms with Gasteiger partial charge in [0.05, 0.1) is 39.6 Å². The van der Waals surface area contributed by atoms with Crippen molar-refractivity contribution in [2.75, 3.05) is 14.2 Å². The number of ketones is 1. The summed E-state index contributed by atoms with van der Waals surface area (Å²) in [6.45, 7) is 4.78. The molecule has 0 unspecified atom stereocenters. The van der Waals surface area contributed by atoms with Gasteiger partial charge in [0.25, 0.3) is 0 Å². The summed E-state index contributed by atoms with van der Waals surface area (Å²) in [4.78, 5) is 25.7. The van der Waals surface area contributed by atoms with E-state index in [4.69, 9.17) is 23.7 Å². The van der Waals surface area contributed by atoms with E-state index in [1.807, 2.05) is 98.8 Å². The van der Waals surface area contributed by atoms with Crippen molar-refractivity contribution in [1.29, 1.82) is 0 Å². The molecule has 0 amide bonds. The molecule has 1 aliphatic rings. The number of benzene rings is 2. The van der Waals surface area contributed by atoms with Crippen LogP contribution in [0.4, 0.5) is 0 Å². The molecule has 0 aliphatic carbocycles. The number of methoxy groups -OCH3 is 2. The highest BCUT2D eigenvalue weighted by molar-refractivity contribution is 5.92. The smallest absolute Gasteiger partial charge is 0.331 e. The summed E-state index contributed by atoms with van der Waals surface area (Å²) in [7, 11) is 3.28. The van der Waals surface area contributed by atoms with Gasteiger partial charge in [-0.25, -0.2) is 4.79 Å². The van der Waals surface area contributed by atoms with Crippen LogP contribution in [0.25, 0.3) is 0 Å². The number of allylic oxidation sites excluding steroid dienone is 7. The summed E-state index contributed by atoms with van der Waals surface area (Å²) in [6, 6.07) is 15.6. The number of ether oxygens (including phenoxy) is 5. The predicted octanol–water partition coefficient (Wildman–Crippen LogP) is 8.45. The van der Waals surface area contributed by atoms with Gasteiger partial charge in [-0.1, -0.05) is 86.7 Å². The van der Waals surface area contributed by atoms with Crippen LogP contribution >= 0.6 is 0 Å². The largest absolute Gasteiger partial charge is 0.497 e. The van der Waals surface area contributed by atoms with E-state index in [-0.39, 0.29) is 36.0 Å². The van der Waals surface area contributed by atoms with E-state index in [0.717, 1.165) is 29.0 Å². The summed E-state index contributed by atoms with van der Waals surface area (Å²) in [6.07, 6.45) is 21.8. The van der Waals surface area contributed by atoms with Crippen LogP contribution in [0.3, 0.4) is 0 Å². The third-order valence-electron chi connectivity index (χ3n) is 8.03. The molecule has 4 atom stereocenters. The molecule has 0 N–H and O–H groups in total. The second-order valence-corrected chi connectivity index (χ2v) is 11.5. The minimum absolute atomic E-state index is 0.00200. The SMILES string of the molecule is CC[C@H]1CCC[C@H](OCc2ccc(OC)cc2)[C@@H](C)C(=O)/C=C/C=C/C[C@@H](OCc2ccc(OC)cc2)C/C=C/C=C/C=C/C(=O)O1. The standard InChI is InChI=1S/C40H50O7/c1-5-34-17-14-19-39(46-30-33-23-27-36(44-4)28-24-33)31(2)38(41)18-12-9-11-16-37(15-10-7-6-8-13-20-40(42)47-34)45-29-32-21-25-35(43-3)26-22-32/h6-13,18,20-28,31,34,37,39H,5,14-17,19,29-30H2,1-4H3/b8-6+,10-7+,11-9+,18-12+,20-13+/t31-,34-,37-,39-/m0/s1. The lowest BCUT2D eigenvalue weighted by molar-refractivity contribution is -0.143. The van der Waals surface area contributed by atoms with E-state index in [9.17, 15) is 9.59 Å². The van der Waals surface area contributed by atoms with Gasteiger partial charge >= 0.3 is 5.97 Å². The second-order valence-electron chi connectivity index (χ2n) is 11.5. The van der Waals surface area contributed by atoms with Gasteiger partial charge in [-0.15, -0.1) is 0 Å². The Labute approximate surface area is 280 Å². The Morgan fingerprint density at radius 2 is 1.26 bits per heavy atom. The van der Waals surface area contributed by atoms with Crippen molar-refractivity contribution in [2.24, 2.45) is 5.92 Å². The van der Waals surface area contributed by atoms with Crippen LogP contribution in [0.1, 0.15) is 63.5 Å². The maximum atomic E-state index is 13.3. The highest BCUT2D eigenvalue weighted by Gasteiger charge is 2.24. The van der Waals surface area contributed by atoms with Crippen LogP contribution in [0.15, 0.2) is 109 Å². The average Bonchev–Trinajstić information content (AvgIpc) is 3.10. The van der Waals surface area contributed by atoms with Gasteiger partial charge in [0.1, 0.15) is 17.6 Å². The lowest BCUT2D eigenvalue weighted by Gasteiger charge is -2.24. The average molecular weight is 643 g/mol. The number of cyclic esters (lactones) is 1. The van der Waals surface area contributed by atoms with Crippen LogP contribution in [-0.4, -0.2) is 44.3 Å². The first kappa shape index (κ1) is 37.3. The number of rotatable bonds is 9. The molecule has 47 heavy (non-hydrogen) atoms. The Bertz CT molecular complexity index is 1350. The van der Waals surface area contributed by atoms with Crippen LogP contribution < -0.4 is 9.47 Å². The number of carbonyl (C=O) groups is 2. The molecule has 0 radical (unpaired) electrons. The van der Waals surface area contributed by atoms with Crippen molar-refractivity contribution in [2.45, 2.75) is 83.9 Å². The minimum Gasteiger partial charge on any atom is -0.497 e. The molecule has 2 aromatic rings. The Morgan fingerprint density at radius 1 is 0.702 bits per heavy atom. The summed E-state index contributed by atoms with van der Waals surface area (Å²) >= 11 is 0. The fourth-order valence-corrected chi connectivity index (χ4v) is 5.03. The molecular formula is C40H50O7. The molecule has 7 nitrogen and oxygen atoms in total. The van der Waals surface area contributed by atoms with Crippen molar-refractivity contribution in [3.8, 4) is 11.5 Å². The van der Waals surface area contributed by atoms with Crippen molar-refractivity contribution >= 4 is 11.8 Å². The Hall–Kier alpha value is -4.20. The van der Waals surface area contributed by atoms with Crippen LogP contribution in [-0.2, 0) is 37.0 Å². The van der Waals surface area contributed by atoms with Gasteiger partial charge in [0.2, 0.25) is 0 Å². The van der Waals surface area contributed by atoms with E-state index in [0.29, 0.717) is 45.3 Å². The summed E-state index contributed by atoms with van der Waals surface area (Å²) < 4.78 is 28.8. The number of hydrogen-bond donors (Lipinski definition) is 0. The predicted molar refractivity (Wildman–Crippen MR) is 186 cm³/mol. The molecule has 0 saturated heterocycles. The number of carbonyl (C=O) groups excluding carboxylic acids is 2. The molecule has 0 fully saturated rings. The quantitative estimate of drug-likeness (QED) is 0.254. The molecule has 0 bridgehead atoms. The van der Waals surface area contributed by atoms with E-state index in [2.05, 4.69) is 0 Å². The van der Waals surface area contributed by atoms with E-state index in [1.54, 1.807) is 32.4 Å². The Balaban J connectivity index is 1.72. The molecule has 2 aromatic carbocycles. The van der Waals surface area contributed by atoms with Crippen molar-refractivity contribution < 1.29 is 33.3 Å². The Morgan fingerprint density at radius 3 is 1.85 bits per heavy atom. The molecule has 0 spiro atoms. The van der Waals surface area contributed by atoms with Gasteiger partial charge in [-0.05, 0) is 80.0 Å². The third kappa shape index (κ3) is 14.4. The summed E-state index contributed by atoms with van der Waals surface area (Å²) in [5.41, 5.74) is 2.06. The maximum absolute atomic E-state index is 13.3. The third-order valence-corrected chi connectivity index (χ3v) is 8.03. The van der Waals surface area contributed by atoms with Crippen molar-refractivity contribution in [3.05, 3.63) is 120 Å². The minimum atomic E-state index is -0.368. The molecule has 3 rings (SSSR count). The van der Waals surface area contributed by atoms with E-state index >= 15 is 0 Å². The first-order valence-corrected chi connectivity index (χ1v) is 16.5. The highest BCUT2D eigenvalue weighted by atomic mass is 16.5. The molecule has 252 valence electrons.